The number of fused-ring (bicyclic) bond motifs is 1. The van der Waals surface area contributed by atoms with Gasteiger partial charge in [-0.15, -0.1) is 0 Å². The molecular formula is C11H15N. The zero-order valence-corrected chi connectivity index (χ0v) is 7.80. The number of rotatable bonds is 1. The first-order chi connectivity index (χ1) is 5.77. The van der Waals surface area contributed by atoms with Gasteiger partial charge in [0, 0.05) is 11.4 Å². The molecule has 0 radical (unpaired) electrons. The molecule has 1 aliphatic rings. The summed E-state index contributed by atoms with van der Waals surface area (Å²) in [5.74, 6) is 0.566. The molecule has 0 fully saturated rings. The van der Waals surface area contributed by atoms with E-state index in [1.165, 1.54) is 36.2 Å². The number of pyridine rings is 1. The van der Waals surface area contributed by atoms with Gasteiger partial charge in [0.15, 0.2) is 0 Å². The van der Waals surface area contributed by atoms with Gasteiger partial charge < -0.3 is 0 Å². The molecule has 0 saturated carbocycles. The van der Waals surface area contributed by atoms with Gasteiger partial charge in [0.2, 0.25) is 0 Å². The first kappa shape index (κ1) is 7.78. The van der Waals surface area contributed by atoms with Crippen molar-refractivity contribution in [3.8, 4) is 0 Å². The molecule has 1 aliphatic carbocycles. The predicted molar refractivity (Wildman–Crippen MR) is 50.4 cm³/mol. The van der Waals surface area contributed by atoms with Crippen LogP contribution in [0.15, 0.2) is 12.1 Å². The number of aromatic nitrogens is 1. The number of nitrogens with zero attached hydrogens (tertiary/aromatic N) is 1. The van der Waals surface area contributed by atoms with Crippen LogP contribution in [-0.4, -0.2) is 4.98 Å². The fourth-order valence-electron chi connectivity index (χ4n) is 1.76. The van der Waals surface area contributed by atoms with Crippen LogP contribution in [0.3, 0.4) is 0 Å². The van der Waals surface area contributed by atoms with E-state index in [1.54, 1.807) is 0 Å². The average molecular weight is 161 g/mol. The maximum atomic E-state index is 4.65. The fraction of sp³-hybridized carbons (Fsp3) is 0.545. The largest absolute Gasteiger partial charge is 0.257 e. The molecule has 2 rings (SSSR count). The molecule has 0 atom stereocenters. The SMILES string of the molecule is CC(C)c1ccc2c(n1)CCC2. The van der Waals surface area contributed by atoms with Crippen LogP contribution in [0.4, 0.5) is 0 Å². The molecule has 0 N–H and O–H groups in total. The average Bonchev–Trinajstić information content (AvgIpc) is 2.49. The first-order valence-electron chi connectivity index (χ1n) is 4.76. The molecule has 0 aromatic carbocycles. The second kappa shape index (κ2) is 2.89. The predicted octanol–water partition coefficient (Wildman–Crippen LogP) is 2.69. The summed E-state index contributed by atoms with van der Waals surface area (Å²) in [5, 5.41) is 0. The molecule has 1 aromatic rings. The summed E-state index contributed by atoms with van der Waals surface area (Å²) in [6.07, 6.45) is 3.72. The standard InChI is InChI=1S/C11H15N/c1-8(2)10-7-6-9-4-3-5-11(9)12-10/h6-8H,3-5H2,1-2H3. The second-order valence-electron chi connectivity index (χ2n) is 3.85. The van der Waals surface area contributed by atoms with E-state index in [2.05, 4.69) is 31.0 Å². The Kier molecular flexibility index (Phi) is 1.87. The lowest BCUT2D eigenvalue weighted by molar-refractivity contribution is 0.806. The number of hydrogen-bond acceptors (Lipinski definition) is 1. The highest BCUT2D eigenvalue weighted by Gasteiger charge is 2.12. The first-order valence-corrected chi connectivity index (χ1v) is 4.76. The summed E-state index contributed by atoms with van der Waals surface area (Å²) in [5.41, 5.74) is 4.07. The quantitative estimate of drug-likeness (QED) is 0.617. The lowest BCUT2D eigenvalue weighted by Crippen LogP contribution is -1.96. The Morgan fingerprint density at radius 1 is 1.25 bits per heavy atom. The molecule has 0 unspecified atom stereocenters. The lowest BCUT2D eigenvalue weighted by atomic mass is 10.1. The summed E-state index contributed by atoms with van der Waals surface area (Å²) in [6, 6.07) is 4.43. The van der Waals surface area contributed by atoms with Gasteiger partial charge in [0.05, 0.1) is 0 Å². The van der Waals surface area contributed by atoms with Gasteiger partial charge in [0.25, 0.3) is 0 Å². The molecule has 1 heterocycles. The van der Waals surface area contributed by atoms with E-state index in [0.717, 1.165) is 0 Å². The van der Waals surface area contributed by atoms with Crippen molar-refractivity contribution in [1.82, 2.24) is 4.98 Å². The maximum absolute atomic E-state index is 4.65. The van der Waals surface area contributed by atoms with Crippen molar-refractivity contribution in [2.45, 2.75) is 39.0 Å². The van der Waals surface area contributed by atoms with E-state index in [1.807, 2.05) is 0 Å². The van der Waals surface area contributed by atoms with Gasteiger partial charge in [-0.2, -0.15) is 0 Å². The summed E-state index contributed by atoms with van der Waals surface area (Å²) < 4.78 is 0. The molecule has 64 valence electrons. The highest BCUT2D eigenvalue weighted by molar-refractivity contribution is 5.27. The Morgan fingerprint density at radius 3 is 2.83 bits per heavy atom. The third-order valence-electron chi connectivity index (χ3n) is 2.54. The van der Waals surface area contributed by atoms with Crippen LogP contribution in [0.5, 0.6) is 0 Å². The smallest absolute Gasteiger partial charge is 0.0439 e. The zero-order valence-electron chi connectivity index (χ0n) is 7.80. The molecule has 1 nitrogen and oxygen atoms in total. The van der Waals surface area contributed by atoms with Crippen LogP contribution in [0.1, 0.15) is 43.1 Å². The monoisotopic (exact) mass is 161 g/mol. The molecule has 0 aliphatic heterocycles. The molecule has 1 heteroatoms. The highest BCUT2D eigenvalue weighted by Crippen LogP contribution is 2.22. The molecular weight excluding hydrogens is 146 g/mol. The Balaban J connectivity index is 2.39. The van der Waals surface area contributed by atoms with Gasteiger partial charge in [-0.3, -0.25) is 4.98 Å². The van der Waals surface area contributed by atoms with Crippen molar-refractivity contribution in [1.29, 1.82) is 0 Å². The van der Waals surface area contributed by atoms with E-state index < -0.39 is 0 Å². The Labute approximate surface area is 73.8 Å². The summed E-state index contributed by atoms with van der Waals surface area (Å²) in [7, 11) is 0. The molecule has 0 spiro atoms. The third-order valence-corrected chi connectivity index (χ3v) is 2.54. The molecule has 1 aromatic heterocycles. The minimum Gasteiger partial charge on any atom is -0.257 e. The summed E-state index contributed by atoms with van der Waals surface area (Å²) in [4.78, 5) is 4.65. The van der Waals surface area contributed by atoms with Crippen LogP contribution >= 0.6 is 0 Å². The van der Waals surface area contributed by atoms with E-state index in [4.69, 9.17) is 0 Å². The van der Waals surface area contributed by atoms with Crippen LogP contribution in [0.2, 0.25) is 0 Å². The van der Waals surface area contributed by atoms with Crippen molar-refractivity contribution >= 4 is 0 Å². The Hall–Kier alpha value is -0.850. The zero-order chi connectivity index (χ0) is 8.55. The number of hydrogen-bond donors (Lipinski definition) is 0. The molecule has 12 heavy (non-hydrogen) atoms. The van der Waals surface area contributed by atoms with Gasteiger partial charge >= 0.3 is 0 Å². The van der Waals surface area contributed by atoms with Crippen LogP contribution in [-0.2, 0) is 12.8 Å². The second-order valence-corrected chi connectivity index (χ2v) is 3.85. The van der Waals surface area contributed by atoms with Gasteiger partial charge in [-0.05, 0) is 36.8 Å². The van der Waals surface area contributed by atoms with Crippen molar-refractivity contribution in [3.63, 3.8) is 0 Å². The summed E-state index contributed by atoms with van der Waals surface area (Å²) in [6.45, 7) is 4.40. The Bertz CT molecular complexity index is 289. The molecule has 0 amide bonds. The number of aryl methyl sites for hydroxylation is 2. The van der Waals surface area contributed by atoms with Crippen LogP contribution in [0.25, 0.3) is 0 Å². The van der Waals surface area contributed by atoms with Crippen molar-refractivity contribution < 1.29 is 0 Å². The Morgan fingerprint density at radius 2 is 2.08 bits per heavy atom. The van der Waals surface area contributed by atoms with E-state index in [-0.39, 0.29) is 0 Å². The van der Waals surface area contributed by atoms with Gasteiger partial charge in [-0.25, -0.2) is 0 Å². The van der Waals surface area contributed by atoms with E-state index in [9.17, 15) is 0 Å². The van der Waals surface area contributed by atoms with E-state index in [0.29, 0.717) is 5.92 Å². The molecule has 0 bridgehead atoms. The molecule has 0 saturated heterocycles. The van der Waals surface area contributed by atoms with E-state index >= 15 is 0 Å². The topological polar surface area (TPSA) is 12.9 Å². The van der Waals surface area contributed by atoms with Gasteiger partial charge in [0.1, 0.15) is 0 Å². The lowest BCUT2D eigenvalue weighted by Gasteiger charge is -2.06. The van der Waals surface area contributed by atoms with Gasteiger partial charge in [-0.1, -0.05) is 19.9 Å². The van der Waals surface area contributed by atoms with Crippen LogP contribution < -0.4 is 0 Å². The van der Waals surface area contributed by atoms with Crippen molar-refractivity contribution in [2.75, 3.05) is 0 Å². The fourth-order valence-corrected chi connectivity index (χ4v) is 1.76. The maximum Gasteiger partial charge on any atom is 0.0439 e. The van der Waals surface area contributed by atoms with Crippen molar-refractivity contribution in [3.05, 3.63) is 29.1 Å². The van der Waals surface area contributed by atoms with Crippen LogP contribution in [0, 0.1) is 0 Å². The highest BCUT2D eigenvalue weighted by atomic mass is 14.7. The third kappa shape index (κ3) is 1.24. The summed E-state index contributed by atoms with van der Waals surface area (Å²) >= 11 is 0. The minimum atomic E-state index is 0.566. The normalized spacial score (nSPS) is 15.2. The van der Waals surface area contributed by atoms with Crippen molar-refractivity contribution in [2.24, 2.45) is 0 Å². The minimum absolute atomic E-state index is 0.566.